The number of thioether (sulfide) groups is 1. The topological polar surface area (TPSA) is 38.3 Å². The quantitative estimate of drug-likeness (QED) is 0.749. The van der Waals surface area contributed by atoms with Crippen molar-refractivity contribution in [1.29, 1.82) is 0 Å². The SMILES string of the molecule is COc1ccc(CCNC(=O)CCSc2ccc(F)cc2)cc1. The molecule has 5 heteroatoms. The van der Waals surface area contributed by atoms with Crippen molar-refractivity contribution in [3.8, 4) is 5.75 Å². The van der Waals surface area contributed by atoms with Gasteiger partial charge < -0.3 is 10.1 Å². The summed E-state index contributed by atoms with van der Waals surface area (Å²) in [6.07, 6.45) is 1.24. The van der Waals surface area contributed by atoms with Crippen LogP contribution in [0.4, 0.5) is 4.39 Å². The van der Waals surface area contributed by atoms with Gasteiger partial charge in [-0.15, -0.1) is 11.8 Å². The average Bonchev–Trinajstić information content (AvgIpc) is 2.57. The Kier molecular flexibility index (Phi) is 6.94. The molecular formula is C18H20FNO2S. The molecule has 0 fully saturated rings. The van der Waals surface area contributed by atoms with Crippen LogP contribution in [-0.2, 0) is 11.2 Å². The Morgan fingerprint density at radius 2 is 1.83 bits per heavy atom. The normalized spacial score (nSPS) is 10.3. The molecule has 0 saturated heterocycles. The van der Waals surface area contributed by atoms with Gasteiger partial charge in [0.05, 0.1) is 7.11 Å². The predicted octanol–water partition coefficient (Wildman–Crippen LogP) is 3.68. The van der Waals surface area contributed by atoms with Crippen LogP contribution in [-0.4, -0.2) is 25.3 Å². The zero-order chi connectivity index (χ0) is 16.5. The first kappa shape index (κ1) is 17.3. The Balaban J connectivity index is 1.62. The van der Waals surface area contributed by atoms with Crippen LogP contribution in [0.25, 0.3) is 0 Å². The highest BCUT2D eigenvalue weighted by atomic mass is 32.2. The highest BCUT2D eigenvalue weighted by molar-refractivity contribution is 7.99. The molecule has 0 heterocycles. The van der Waals surface area contributed by atoms with Gasteiger partial charge in [0, 0.05) is 23.6 Å². The number of hydrogen-bond donors (Lipinski definition) is 1. The average molecular weight is 333 g/mol. The number of ether oxygens (including phenoxy) is 1. The number of carbonyl (C=O) groups excluding carboxylic acids is 1. The van der Waals surface area contributed by atoms with E-state index in [0.29, 0.717) is 18.7 Å². The van der Waals surface area contributed by atoms with Gasteiger partial charge in [0.2, 0.25) is 5.91 Å². The van der Waals surface area contributed by atoms with Crippen LogP contribution in [0.5, 0.6) is 5.75 Å². The largest absolute Gasteiger partial charge is 0.497 e. The maximum Gasteiger partial charge on any atom is 0.220 e. The number of carbonyl (C=O) groups is 1. The van der Waals surface area contributed by atoms with E-state index in [0.717, 1.165) is 22.6 Å². The van der Waals surface area contributed by atoms with Crippen LogP contribution in [0.2, 0.25) is 0 Å². The van der Waals surface area contributed by atoms with Crippen molar-refractivity contribution in [2.45, 2.75) is 17.7 Å². The third-order valence-corrected chi connectivity index (χ3v) is 4.32. The van der Waals surface area contributed by atoms with Gasteiger partial charge in [0.25, 0.3) is 0 Å². The van der Waals surface area contributed by atoms with E-state index in [1.165, 1.54) is 12.1 Å². The number of rotatable bonds is 8. The van der Waals surface area contributed by atoms with E-state index in [4.69, 9.17) is 4.74 Å². The maximum absolute atomic E-state index is 12.8. The lowest BCUT2D eigenvalue weighted by molar-refractivity contribution is -0.120. The zero-order valence-electron chi connectivity index (χ0n) is 13.0. The van der Waals surface area contributed by atoms with Crippen LogP contribution in [0.3, 0.4) is 0 Å². The van der Waals surface area contributed by atoms with Crippen molar-refractivity contribution in [3.63, 3.8) is 0 Å². The monoisotopic (exact) mass is 333 g/mol. The molecule has 0 bridgehead atoms. The van der Waals surface area contributed by atoms with Crippen molar-refractivity contribution in [2.24, 2.45) is 0 Å². The minimum Gasteiger partial charge on any atom is -0.497 e. The lowest BCUT2D eigenvalue weighted by Gasteiger charge is -2.06. The zero-order valence-corrected chi connectivity index (χ0v) is 13.9. The van der Waals surface area contributed by atoms with Crippen LogP contribution in [0, 0.1) is 5.82 Å². The Morgan fingerprint density at radius 3 is 2.48 bits per heavy atom. The van der Waals surface area contributed by atoms with E-state index < -0.39 is 0 Å². The molecule has 1 amide bonds. The second kappa shape index (κ2) is 9.20. The highest BCUT2D eigenvalue weighted by Crippen LogP contribution is 2.18. The fourth-order valence-electron chi connectivity index (χ4n) is 2.02. The van der Waals surface area contributed by atoms with Gasteiger partial charge in [0.1, 0.15) is 11.6 Å². The van der Waals surface area contributed by atoms with Gasteiger partial charge in [-0.05, 0) is 48.4 Å². The summed E-state index contributed by atoms with van der Waals surface area (Å²) < 4.78 is 17.9. The molecule has 2 aromatic rings. The van der Waals surface area contributed by atoms with E-state index in [2.05, 4.69) is 5.32 Å². The molecule has 0 atom stereocenters. The first-order valence-electron chi connectivity index (χ1n) is 7.45. The Hall–Kier alpha value is -2.01. The van der Waals surface area contributed by atoms with Gasteiger partial charge in [0.15, 0.2) is 0 Å². The fourth-order valence-corrected chi connectivity index (χ4v) is 2.87. The molecule has 0 aliphatic heterocycles. The Bertz CT molecular complexity index is 614. The third kappa shape index (κ3) is 6.32. The second-order valence-corrected chi connectivity index (χ2v) is 6.17. The predicted molar refractivity (Wildman–Crippen MR) is 91.4 cm³/mol. The molecule has 0 saturated carbocycles. The molecule has 0 unspecified atom stereocenters. The molecule has 0 aliphatic carbocycles. The molecule has 0 spiro atoms. The van der Waals surface area contributed by atoms with Crippen molar-refractivity contribution >= 4 is 17.7 Å². The molecule has 3 nitrogen and oxygen atoms in total. The van der Waals surface area contributed by atoms with Crippen LogP contribution in [0.1, 0.15) is 12.0 Å². The molecule has 0 aliphatic rings. The van der Waals surface area contributed by atoms with Gasteiger partial charge in [-0.1, -0.05) is 12.1 Å². The van der Waals surface area contributed by atoms with Crippen molar-refractivity contribution in [1.82, 2.24) is 5.32 Å². The summed E-state index contributed by atoms with van der Waals surface area (Å²) in [5.74, 6) is 1.30. The molecule has 0 aromatic heterocycles. The molecule has 2 rings (SSSR count). The summed E-state index contributed by atoms with van der Waals surface area (Å²) in [6, 6.07) is 14.1. The molecule has 1 N–H and O–H groups in total. The lowest BCUT2D eigenvalue weighted by Crippen LogP contribution is -2.25. The minimum atomic E-state index is -0.245. The third-order valence-electron chi connectivity index (χ3n) is 3.31. The molecular weight excluding hydrogens is 313 g/mol. The molecule has 23 heavy (non-hydrogen) atoms. The number of amides is 1. The van der Waals surface area contributed by atoms with Crippen molar-refractivity contribution < 1.29 is 13.9 Å². The van der Waals surface area contributed by atoms with E-state index in [-0.39, 0.29) is 11.7 Å². The standard InChI is InChI=1S/C18H20FNO2S/c1-22-16-6-2-14(3-7-16)10-12-20-18(21)11-13-23-17-8-4-15(19)5-9-17/h2-9H,10-13H2,1H3,(H,20,21). The number of halogens is 1. The van der Waals surface area contributed by atoms with E-state index >= 15 is 0 Å². The number of nitrogens with one attached hydrogen (secondary N) is 1. The van der Waals surface area contributed by atoms with Gasteiger partial charge in [-0.3, -0.25) is 4.79 Å². The van der Waals surface area contributed by atoms with E-state index in [1.54, 1.807) is 31.0 Å². The van der Waals surface area contributed by atoms with Gasteiger partial charge in [-0.25, -0.2) is 4.39 Å². The second-order valence-electron chi connectivity index (χ2n) is 5.00. The summed E-state index contributed by atoms with van der Waals surface area (Å²) >= 11 is 1.55. The summed E-state index contributed by atoms with van der Waals surface area (Å²) in [5.41, 5.74) is 1.16. The first-order valence-corrected chi connectivity index (χ1v) is 8.44. The summed E-state index contributed by atoms with van der Waals surface area (Å²) in [6.45, 7) is 0.617. The Morgan fingerprint density at radius 1 is 1.13 bits per heavy atom. The smallest absolute Gasteiger partial charge is 0.220 e. The van der Waals surface area contributed by atoms with E-state index in [9.17, 15) is 9.18 Å². The first-order chi connectivity index (χ1) is 11.2. The minimum absolute atomic E-state index is 0.0353. The van der Waals surface area contributed by atoms with Gasteiger partial charge >= 0.3 is 0 Å². The fraction of sp³-hybridized carbons (Fsp3) is 0.278. The Labute approximate surface area is 140 Å². The summed E-state index contributed by atoms with van der Waals surface area (Å²) in [4.78, 5) is 12.7. The number of methoxy groups -OCH3 is 1. The van der Waals surface area contributed by atoms with Crippen LogP contribution >= 0.6 is 11.8 Å². The summed E-state index contributed by atoms with van der Waals surface area (Å²) in [5, 5.41) is 2.91. The highest BCUT2D eigenvalue weighted by Gasteiger charge is 2.02. The summed E-state index contributed by atoms with van der Waals surface area (Å²) in [7, 11) is 1.64. The van der Waals surface area contributed by atoms with Crippen LogP contribution in [0.15, 0.2) is 53.4 Å². The number of benzene rings is 2. The van der Waals surface area contributed by atoms with Gasteiger partial charge in [-0.2, -0.15) is 0 Å². The maximum atomic E-state index is 12.8. The molecule has 122 valence electrons. The molecule has 2 aromatic carbocycles. The molecule has 0 radical (unpaired) electrons. The van der Waals surface area contributed by atoms with Crippen molar-refractivity contribution in [2.75, 3.05) is 19.4 Å². The lowest BCUT2D eigenvalue weighted by atomic mass is 10.1. The van der Waals surface area contributed by atoms with Crippen LogP contribution < -0.4 is 10.1 Å². The number of hydrogen-bond acceptors (Lipinski definition) is 3. The van der Waals surface area contributed by atoms with Crippen molar-refractivity contribution in [3.05, 3.63) is 59.9 Å². The van der Waals surface area contributed by atoms with E-state index in [1.807, 2.05) is 24.3 Å².